The van der Waals surface area contributed by atoms with Crippen molar-refractivity contribution in [3.8, 4) is 11.3 Å². The minimum atomic E-state index is -0.347. The molecule has 0 aliphatic heterocycles. The van der Waals surface area contributed by atoms with E-state index in [0.29, 0.717) is 16.6 Å². The van der Waals surface area contributed by atoms with Gasteiger partial charge in [-0.25, -0.2) is 4.79 Å². The Balaban J connectivity index is 2.18. The second kappa shape index (κ2) is 4.60. The number of rotatable bonds is 1. The van der Waals surface area contributed by atoms with Gasteiger partial charge in [-0.2, -0.15) is 0 Å². The zero-order valence-corrected chi connectivity index (χ0v) is 12.3. The van der Waals surface area contributed by atoms with Crippen molar-refractivity contribution in [1.82, 2.24) is 0 Å². The second-order valence-electron chi connectivity index (χ2n) is 5.47. The number of hydrogen-bond donors (Lipinski definition) is 0. The van der Waals surface area contributed by atoms with Crippen LogP contribution in [0.5, 0.6) is 0 Å². The van der Waals surface area contributed by atoms with Gasteiger partial charge >= 0.3 is 5.63 Å². The normalized spacial score (nSPS) is 11.4. The highest BCUT2D eigenvalue weighted by atomic mass is 16.4. The Labute approximate surface area is 126 Å². The summed E-state index contributed by atoms with van der Waals surface area (Å²) in [5, 5.41) is 1.36. The molecule has 0 spiro atoms. The molecule has 3 heteroatoms. The van der Waals surface area contributed by atoms with Crippen molar-refractivity contribution in [2.24, 2.45) is 0 Å². The fourth-order valence-electron chi connectivity index (χ4n) is 2.92. The number of hydrogen-bond acceptors (Lipinski definition) is 3. The number of aryl methyl sites for hydroxylation is 2. The lowest BCUT2D eigenvalue weighted by Crippen LogP contribution is -2.00. The summed E-state index contributed by atoms with van der Waals surface area (Å²) in [5.74, 6) is 0.719. The molecule has 0 aliphatic rings. The van der Waals surface area contributed by atoms with Crippen molar-refractivity contribution < 1.29 is 8.83 Å². The van der Waals surface area contributed by atoms with Gasteiger partial charge in [-0.3, -0.25) is 0 Å². The van der Waals surface area contributed by atoms with E-state index in [0.717, 1.165) is 27.8 Å². The van der Waals surface area contributed by atoms with Gasteiger partial charge in [0.1, 0.15) is 16.7 Å². The van der Waals surface area contributed by atoms with E-state index in [1.54, 1.807) is 0 Å². The van der Waals surface area contributed by atoms with Gasteiger partial charge in [-0.1, -0.05) is 42.5 Å². The average molecular weight is 290 g/mol. The van der Waals surface area contributed by atoms with Crippen LogP contribution in [0.3, 0.4) is 0 Å². The quantitative estimate of drug-likeness (QED) is 0.472. The molecule has 4 rings (SSSR count). The van der Waals surface area contributed by atoms with Crippen molar-refractivity contribution in [3.05, 3.63) is 70.1 Å². The fraction of sp³-hybridized carbons (Fsp3) is 0.105. The van der Waals surface area contributed by atoms with Gasteiger partial charge in [-0.15, -0.1) is 0 Å². The summed E-state index contributed by atoms with van der Waals surface area (Å²) in [6.45, 7) is 3.82. The molecule has 0 atom stereocenters. The van der Waals surface area contributed by atoms with E-state index in [1.807, 2.05) is 62.4 Å². The van der Waals surface area contributed by atoms with Gasteiger partial charge < -0.3 is 8.83 Å². The monoisotopic (exact) mass is 290 g/mol. The molecule has 2 aromatic carbocycles. The summed E-state index contributed by atoms with van der Waals surface area (Å²) >= 11 is 0. The standard InChI is InChI=1S/C19H14O3/c1-11-7-6-10-14-16(11)22-19(20)15-12(2)17(21-18(14)15)13-8-4-3-5-9-13/h3-10H,1-2H3. The number of fused-ring (bicyclic) bond motifs is 3. The molecule has 0 N–H and O–H groups in total. The lowest BCUT2D eigenvalue weighted by atomic mass is 10.1. The molecular weight excluding hydrogens is 276 g/mol. The van der Waals surface area contributed by atoms with Crippen LogP contribution < -0.4 is 5.63 Å². The third-order valence-corrected chi connectivity index (χ3v) is 4.04. The summed E-state index contributed by atoms with van der Waals surface area (Å²) in [4.78, 5) is 12.4. The van der Waals surface area contributed by atoms with E-state index in [1.165, 1.54) is 0 Å². The molecule has 2 heterocycles. The largest absolute Gasteiger partial charge is 0.455 e. The van der Waals surface area contributed by atoms with Crippen LogP contribution in [0, 0.1) is 13.8 Å². The van der Waals surface area contributed by atoms with Crippen LogP contribution in [0.1, 0.15) is 11.1 Å². The van der Waals surface area contributed by atoms with Gasteiger partial charge in [0.05, 0.1) is 5.39 Å². The summed E-state index contributed by atoms with van der Waals surface area (Å²) in [6.07, 6.45) is 0. The zero-order valence-electron chi connectivity index (χ0n) is 12.3. The first-order valence-corrected chi connectivity index (χ1v) is 7.18. The van der Waals surface area contributed by atoms with Crippen molar-refractivity contribution in [2.75, 3.05) is 0 Å². The van der Waals surface area contributed by atoms with Gasteiger partial charge in [0.25, 0.3) is 0 Å². The Kier molecular flexibility index (Phi) is 2.70. The number of furan rings is 1. The minimum absolute atomic E-state index is 0.347. The topological polar surface area (TPSA) is 43.4 Å². The van der Waals surface area contributed by atoms with Crippen LogP contribution in [0.15, 0.2) is 62.2 Å². The Morgan fingerprint density at radius 1 is 0.818 bits per heavy atom. The summed E-state index contributed by atoms with van der Waals surface area (Å²) in [7, 11) is 0. The molecule has 22 heavy (non-hydrogen) atoms. The molecular formula is C19H14O3. The minimum Gasteiger partial charge on any atom is -0.455 e. The smallest absolute Gasteiger partial charge is 0.347 e. The van der Waals surface area contributed by atoms with E-state index in [-0.39, 0.29) is 5.63 Å². The van der Waals surface area contributed by atoms with E-state index in [2.05, 4.69) is 0 Å². The van der Waals surface area contributed by atoms with E-state index in [4.69, 9.17) is 8.83 Å². The van der Waals surface area contributed by atoms with Gasteiger partial charge in [0.15, 0.2) is 5.58 Å². The third kappa shape index (κ3) is 1.72. The molecule has 3 nitrogen and oxygen atoms in total. The molecule has 0 saturated heterocycles. The molecule has 0 saturated carbocycles. The van der Waals surface area contributed by atoms with Crippen LogP contribution in [0.4, 0.5) is 0 Å². The maximum absolute atomic E-state index is 12.4. The Morgan fingerprint density at radius 3 is 2.36 bits per heavy atom. The maximum Gasteiger partial charge on any atom is 0.347 e. The van der Waals surface area contributed by atoms with Crippen LogP contribution in [0.2, 0.25) is 0 Å². The van der Waals surface area contributed by atoms with Crippen LogP contribution in [0.25, 0.3) is 33.3 Å². The van der Waals surface area contributed by atoms with Gasteiger partial charge in [-0.05, 0) is 25.5 Å². The highest BCUT2D eigenvalue weighted by Crippen LogP contribution is 2.35. The Bertz CT molecular complexity index is 1050. The molecule has 2 aromatic heterocycles. The van der Waals surface area contributed by atoms with Crippen molar-refractivity contribution in [3.63, 3.8) is 0 Å². The van der Waals surface area contributed by atoms with Crippen molar-refractivity contribution in [1.29, 1.82) is 0 Å². The maximum atomic E-state index is 12.4. The average Bonchev–Trinajstić information content (AvgIpc) is 2.88. The van der Waals surface area contributed by atoms with E-state index in [9.17, 15) is 4.79 Å². The van der Waals surface area contributed by atoms with Crippen LogP contribution in [-0.2, 0) is 0 Å². The molecule has 0 aliphatic carbocycles. The van der Waals surface area contributed by atoms with Crippen molar-refractivity contribution >= 4 is 21.9 Å². The first kappa shape index (κ1) is 12.9. The Morgan fingerprint density at radius 2 is 1.59 bits per heavy atom. The first-order valence-electron chi connectivity index (χ1n) is 7.18. The van der Waals surface area contributed by atoms with Gasteiger partial charge in [0.2, 0.25) is 0 Å². The fourth-order valence-corrected chi connectivity index (χ4v) is 2.92. The molecule has 4 aromatic rings. The number of benzene rings is 2. The first-order chi connectivity index (χ1) is 10.7. The molecule has 108 valence electrons. The molecule has 0 fully saturated rings. The lowest BCUT2D eigenvalue weighted by Gasteiger charge is -2.00. The van der Waals surface area contributed by atoms with Crippen LogP contribution in [-0.4, -0.2) is 0 Å². The predicted molar refractivity (Wildman–Crippen MR) is 87.2 cm³/mol. The van der Waals surface area contributed by atoms with Crippen LogP contribution >= 0.6 is 0 Å². The van der Waals surface area contributed by atoms with Gasteiger partial charge in [0, 0.05) is 11.1 Å². The summed E-state index contributed by atoms with van der Waals surface area (Å²) < 4.78 is 11.6. The lowest BCUT2D eigenvalue weighted by molar-refractivity contribution is 0.563. The summed E-state index contributed by atoms with van der Waals surface area (Å²) in [5.41, 5.74) is 3.54. The molecule has 0 amide bonds. The highest BCUT2D eigenvalue weighted by Gasteiger charge is 2.19. The van der Waals surface area contributed by atoms with Crippen molar-refractivity contribution in [2.45, 2.75) is 13.8 Å². The predicted octanol–water partition coefficient (Wildman–Crippen LogP) is 4.82. The SMILES string of the molecule is Cc1cccc2c1oc(=O)c1c(C)c(-c3ccccc3)oc12. The number of para-hydroxylation sites is 1. The third-order valence-electron chi connectivity index (χ3n) is 4.04. The second-order valence-corrected chi connectivity index (χ2v) is 5.47. The Hall–Kier alpha value is -2.81. The van der Waals surface area contributed by atoms with E-state index >= 15 is 0 Å². The molecule has 0 bridgehead atoms. The molecule has 0 radical (unpaired) electrons. The zero-order chi connectivity index (χ0) is 15.3. The van der Waals surface area contributed by atoms with E-state index < -0.39 is 0 Å². The highest BCUT2D eigenvalue weighted by molar-refractivity contribution is 6.04. The molecule has 0 unspecified atom stereocenters. The summed E-state index contributed by atoms with van der Waals surface area (Å²) in [6, 6.07) is 15.6.